The summed E-state index contributed by atoms with van der Waals surface area (Å²) in [6.07, 6.45) is 2.14. The monoisotopic (exact) mass is 408 g/mol. The molecule has 1 rings (SSSR count). The van der Waals surface area contributed by atoms with Crippen LogP contribution in [0.4, 0.5) is 0 Å². The van der Waals surface area contributed by atoms with Gasteiger partial charge in [0.05, 0.1) is 56.8 Å². The predicted molar refractivity (Wildman–Crippen MR) is 91.0 cm³/mol. The SMILES string of the molecule is C[NH+](C)CCCOc1c(Br)cc(CC[NH+](C)C)cc1Br. The Bertz CT molecular complexity index is 399. The number of quaternary nitrogens is 2. The number of likely N-dealkylation sites (N-methyl/N-ethyl adjacent to an activating group) is 1. The van der Waals surface area contributed by atoms with Crippen molar-refractivity contribution in [2.75, 3.05) is 47.9 Å². The highest BCUT2D eigenvalue weighted by atomic mass is 79.9. The molecule has 1 aromatic rings. The summed E-state index contributed by atoms with van der Waals surface area (Å²) in [7, 11) is 8.67. The second-order valence-electron chi connectivity index (χ2n) is 5.75. The topological polar surface area (TPSA) is 18.1 Å². The molecule has 0 fully saturated rings. The van der Waals surface area contributed by atoms with Gasteiger partial charge in [-0.2, -0.15) is 0 Å². The number of hydrogen-bond donors (Lipinski definition) is 2. The highest BCUT2D eigenvalue weighted by Gasteiger charge is 2.10. The van der Waals surface area contributed by atoms with Crippen molar-refractivity contribution < 1.29 is 14.5 Å². The second-order valence-corrected chi connectivity index (χ2v) is 7.46. The Morgan fingerprint density at radius 1 is 0.950 bits per heavy atom. The minimum absolute atomic E-state index is 0.754. The highest BCUT2D eigenvalue weighted by molar-refractivity contribution is 9.11. The van der Waals surface area contributed by atoms with Crippen LogP contribution < -0.4 is 14.5 Å². The summed E-state index contributed by atoms with van der Waals surface area (Å²) in [6.45, 7) is 3.01. The van der Waals surface area contributed by atoms with Gasteiger partial charge in [0, 0.05) is 12.8 Å². The third kappa shape index (κ3) is 6.57. The lowest BCUT2D eigenvalue weighted by Gasteiger charge is -2.13. The fourth-order valence-corrected chi connectivity index (χ4v) is 3.40. The first-order chi connectivity index (χ1) is 9.40. The predicted octanol–water partition coefficient (Wildman–Crippen LogP) is 0.812. The summed E-state index contributed by atoms with van der Waals surface area (Å²) in [4.78, 5) is 2.91. The lowest BCUT2D eigenvalue weighted by molar-refractivity contribution is -0.858. The normalized spacial score (nSPS) is 11.4. The molecule has 3 nitrogen and oxygen atoms in total. The molecular formula is C15H26Br2N2O+2. The quantitative estimate of drug-likeness (QED) is 0.608. The Morgan fingerprint density at radius 2 is 1.50 bits per heavy atom. The molecule has 5 heteroatoms. The van der Waals surface area contributed by atoms with Crippen molar-refractivity contribution in [2.24, 2.45) is 0 Å². The molecule has 0 bridgehead atoms. The van der Waals surface area contributed by atoms with Crippen LogP contribution in [0.25, 0.3) is 0 Å². The van der Waals surface area contributed by atoms with Crippen LogP contribution in [0.2, 0.25) is 0 Å². The molecule has 2 N–H and O–H groups in total. The maximum absolute atomic E-state index is 5.89. The second kappa shape index (κ2) is 9.03. The summed E-state index contributed by atoms with van der Waals surface area (Å²) < 4.78 is 7.96. The van der Waals surface area contributed by atoms with Crippen molar-refractivity contribution in [3.8, 4) is 5.75 Å². The van der Waals surface area contributed by atoms with Crippen LogP contribution in [0.3, 0.4) is 0 Å². The molecule has 0 atom stereocenters. The average Bonchev–Trinajstić information content (AvgIpc) is 2.34. The summed E-state index contributed by atoms with van der Waals surface area (Å²) in [5, 5.41) is 0. The number of hydrogen-bond acceptors (Lipinski definition) is 1. The van der Waals surface area contributed by atoms with Crippen LogP contribution in [0.5, 0.6) is 5.75 Å². The standard InChI is InChI=1S/C15H24Br2N2O/c1-18(2)7-5-9-20-15-13(16)10-12(11-14(15)17)6-8-19(3)4/h10-11H,5-9H2,1-4H3/p+2. The van der Waals surface area contributed by atoms with Gasteiger partial charge in [-0.25, -0.2) is 0 Å². The Morgan fingerprint density at radius 3 is 2.00 bits per heavy atom. The summed E-state index contributed by atoms with van der Waals surface area (Å²) in [6, 6.07) is 4.33. The van der Waals surface area contributed by atoms with Gasteiger partial charge in [-0.1, -0.05) is 0 Å². The number of nitrogens with one attached hydrogen (secondary N) is 2. The van der Waals surface area contributed by atoms with Crippen molar-refractivity contribution in [1.29, 1.82) is 0 Å². The van der Waals surface area contributed by atoms with Gasteiger partial charge in [-0.3, -0.25) is 0 Å². The van der Waals surface area contributed by atoms with E-state index in [2.05, 4.69) is 72.2 Å². The molecule has 0 heterocycles. The Hall–Kier alpha value is -0.100. The van der Waals surface area contributed by atoms with E-state index < -0.39 is 0 Å². The molecule has 0 aromatic heterocycles. The summed E-state index contributed by atoms with van der Waals surface area (Å²) in [5.74, 6) is 0.916. The molecular weight excluding hydrogens is 384 g/mol. The van der Waals surface area contributed by atoms with Crippen molar-refractivity contribution in [2.45, 2.75) is 12.8 Å². The molecule has 0 aliphatic rings. The van der Waals surface area contributed by atoms with Crippen molar-refractivity contribution in [3.63, 3.8) is 0 Å². The number of rotatable bonds is 8. The third-order valence-electron chi connectivity index (χ3n) is 3.04. The molecule has 0 aliphatic heterocycles. The molecule has 0 spiro atoms. The van der Waals surface area contributed by atoms with Gasteiger partial charge in [0.2, 0.25) is 0 Å². The molecule has 0 radical (unpaired) electrons. The highest BCUT2D eigenvalue weighted by Crippen LogP contribution is 2.34. The molecule has 0 saturated carbocycles. The zero-order chi connectivity index (χ0) is 15.1. The van der Waals surface area contributed by atoms with E-state index in [1.807, 2.05) is 0 Å². The van der Waals surface area contributed by atoms with Crippen LogP contribution in [-0.2, 0) is 6.42 Å². The zero-order valence-electron chi connectivity index (χ0n) is 12.9. The Labute approximate surface area is 139 Å². The number of halogens is 2. The minimum atomic E-state index is 0.754. The first kappa shape index (κ1) is 18.0. The van der Waals surface area contributed by atoms with Crippen LogP contribution in [-0.4, -0.2) is 47.9 Å². The number of benzene rings is 1. The van der Waals surface area contributed by atoms with E-state index in [1.165, 1.54) is 15.4 Å². The minimum Gasteiger partial charge on any atom is -0.491 e. The van der Waals surface area contributed by atoms with Gasteiger partial charge >= 0.3 is 0 Å². The van der Waals surface area contributed by atoms with Crippen molar-refractivity contribution in [3.05, 3.63) is 26.6 Å². The van der Waals surface area contributed by atoms with Gasteiger partial charge in [0.1, 0.15) is 5.75 Å². The van der Waals surface area contributed by atoms with E-state index in [9.17, 15) is 0 Å². The summed E-state index contributed by atoms with van der Waals surface area (Å²) >= 11 is 7.24. The van der Waals surface area contributed by atoms with Gasteiger partial charge in [-0.05, 0) is 49.6 Å². The fourth-order valence-electron chi connectivity index (χ4n) is 1.89. The molecule has 114 valence electrons. The van der Waals surface area contributed by atoms with E-state index in [4.69, 9.17) is 4.74 Å². The largest absolute Gasteiger partial charge is 0.491 e. The van der Waals surface area contributed by atoms with E-state index in [0.717, 1.165) is 47.2 Å². The van der Waals surface area contributed by atoms with Gasteiger partial charge in [-0.15, -0.1) is 0 Å². The van der Waals surface area contributed by atoms with Crippen LogP contribution in [0, 0.1) is 0 Å². The molecule has 0 amide bonds. The molecule has 0 saturated heterocycles. The molecule has 0 unspecified atom stereocenters. The zero-order valence-corrected chi connectivity index (χ0v) is 16.0. The molecule has 0 aliphatic carbocycles. The lowest BCUT2D eigenvalue weighted by Crippen LogP contribution is -3.05. The van der Waals surface area contributed by atoms with Gasteiger partial charge in [0.15, 0.2) is 0 Å². The Balaban J connectivity index is 2.59. The third-order valence-corrected chi connectivity index (χ3v) is 4.22. The van der Waals surface area contributed by atoms with Gasteiger partial charge < -0.3 is 14.5 Å². The smallest absolute Gasteiger partial charge is 0.147 e. The fraction of sp³-hybridized carbons (Fsp3) is 0.600. The molecule has 20 heavy (non-hydrogen) atoms. The van der Waals surface area contributed by atoms with E-state index >= 15 is 0 Å². The average molecular weight is 410 g/mol. The first-order valence-electron chi connectivity index (χ1n) is 7.09. The number of ether oxygens (including phenoxy) is 1. The molecule has 1 aromatic carbocycles. The van der Waals surface area contributed by atoms with Crippen LogP contribution in [0.15, 0.2) is 21.1 Å². The van der Waals surface area contributed by atoms with Crippen molar-refractivity contribution in [1.82, 2.24) is 0 Å². The van der Waals surface area contributed by atoms with E-state index in [1.54, 1.807) is 0 Å². The lowest BCUT2D eigenvalue weighted by atomic mass is 10.1. The summed E-state index contributed by atoms with van der Waals surface area (Å²) in [5.41, 5.74) is 1.33. The van der Waals surface area contributed by atoms with E-state index in [-0.39, 0.29) is 0 Å². The maximum Gasteiger partial charge on any atom is 0.147 e. The van der Waals surface area contributed by atoms with Crippen molar-refractivity contribution >= 4 is 31.9 Å². The Kier molecular flexibility index (Phi) is 8.10. The first-order valence-corrected chi connectivity index (χ1v) is 8.67. The van der Waals surface area contributed by atoms with Crippen LogP contribution in [0.1, 0.15) is 12.0 Å². The van der Waals surface area contributed by atoms with E-state index in [0.29, 0.717) is 0 Å². The maximum atomic E-state index is 5.89. The van der Waals surface area contributed by atoms with Gasteiger partial charge in [0.25, 0.3) is 0 Å². The van der Waals surface area contributed by atoms with Crippen LogP contribution >= 0.6 is 31.9 Å².